The lowest BCUT2D eigenvalue weighted by molar-refractivity contribution is -0.143. The van der Waals surface area contributed by atoms with Crippen LogP contribution in [0, 0.1) is 6.92 Å². The van der Waals surface area contributed by atoms with Crippen LogP contribution in [0.2, 0.25) is 0 Å². The first-order valence-corrected chi connectivity index (χ1v) is 17.5. The van der Waals surface area contributed by atoms with Crippen LogP contribution in [0.4, 0.5) is 0 Å². The Morgan fingerprint density at radius 2 is 1.06 bits per heavy atom. The quantitative estimate of drug-likeness (QED) is 0.179. The average molecular weight is 656 g/mol. The van der Waals surface area contributed by atoms with Crippen LogP contribution in [0.1, 0.15) is 147 Å². The third-order valence-electron chi connectivity index (χ3n) is 9.68. The molecule has 0 aliphatic carbocycles. The number of nitrogens with zero attached hydrogens (tertiary/aromatic N) is 1. The molecule has 0 amide bonds. The topological polar surface area (TPSA) is 47.8 Å². The van der Waals surface area contributed by atoms with Crippen molar-refractivity contribution in [2.45, 2.75) is 137 Å². The molecule has 48 heavy (non-hydrogen) atoms. The van der Waals surface area contributed by atoms with Gasteiger partial charge < -0.3 is 14.2 Å². The minimum atomic E-state index is -0.424. The smallest absolute Gasteiger partial charge is 0.325 e. The molecule has 1 heterocycles. The third kappa shape index (κ3) is 7.32. The Labute approximate surface area is 291 Å². The molecule has 1 aliphatic rings. The van der Waals surface area contributed by atoms with Crippen LogP contribution in [0.25, 0.3) is 0 Å². The number of aryl methyl sites for hydroxylation is 1. The fourth-order valence-electron chi connectivity index (χ4n) is 7.12. The molecule has 3 atom stereocenters. The SMILES string of the molecule is CCOC(=O)[C@H]1[C@@H](c2ccccc2C)N1C(c1cc(C(C)(C)C)c(OC)c(C(C)(C)C)c1)c1cc(C(C)(C)C)c(OC)c(C(C)(C)C)c1. The number of carbonyl (C=O) groups excluding carboxylic acids is 1. The van der Waals surface area contributed by atoms with Gasteiger partial charge in [0.05, 0.1) is 32.9 Å². The average Bonchev–Trinajstić information content (AvgIpc) is 3.69. The number of esters is 1. The lowest BCUT2D eigenvalue weighted by Crippen LogP contribution is -2.25. The molecule has 1 unspecified atom stereocenters. The highest BCUT2D eigenvalue weighted by molar-refractivity contribution is 5.81. The number of ether oxygens (including phenoxy) is 3. The molecule has 5 heteroatoms. The predicted octanol–water partition coefficient (Wildman–Crippen LogP) is 10.3. The number of methoxy groups -OCH3 is 2. The number of benzene rings is 3. The Hall–Kier alpha value is -3.31. The van der Waals surface area contributed by atoms with Crippen LogP contribution in [0.5, 0.6) is 11.5 Å². The number of carbonyl (C=O) groups is 1. The van der Waals surface area contributed by atoms with Gasteiger partial charge in [0.25, 0.3) is 0 Å². The lowest BCUT2D eigenvalue weighted by atomic mass is 9.75. The van der Waals surface area contributed by atoms with E-state index in [2.05, 4.69) is 143 Å². The number of hydrogen-bond donors (Lipinski definition) is 0. The van der Waals surface area contributed by atoms with Crippen molar-refractivity contribution in [3.05, 3.63) is 93.0 Å². The van der Waals surface area contributed by atoms with Crippen LogP contribution in [-0.4, -0.2) is 37.7 Å². The van der Waals surface area contributed by atoms with Crippen LogP contribution >= 0.6 is 0 Å². The Morgan fingerprint density at radius 3 is 1.38 bits per heavy atom. The van der Waals surface area contributed by atoms with Gasteiger partial charge in [-0.25, -0.2) is 0 Å². The molecule has 0 bridgehead atoms. The molecule has 262 valence electrons. The van der Waals surface area contributed by atoms with E-state index >= 15 is 0 Å². The largest absolute Gasteiger partial charge is 0.496 e. The van der Waals surface area contributed by atoms with E-state index < -0.39 is 6.04 Å². The standard InChI is InChI=1S/C43H61NO4/c1-17-48-39(45)36-35(29-21-19-18-20-26(29)2)44(36)34(27-22-30(40(3,4)5)37(46-15)31(23-27)41(6,7)8)28-24-32(42(9,10)11)38(47-16)33(25-28)43(12,13)14/h18-25,34-36H,17H2,1-16H3/t35-,36-,44?/m1/s1. The van der Waals surface area contributed by atoms with Gasteiger partial charge in [-0.15, -0.1) is 0 Å². The summed E-state index contributed by atoms with van der Waals surface area (Å²) in [5.74, 6) is 1.68. The second kappa shape index (κ2) is 13.2. The molecule has 0 aromatic heterocycles. The van der Waals surface area contributed by atoms with E-state index in [1.165, 1.54) is 5.56 Å². The van der Waals surface area contributed by atoms with E-state index in [4.69, 9.17) is 14.2 Å². The Kier molecular flexibility index (Phi) is 10.3. The molecule has 4 rings (SSSR count). The molecule has 0 spiro atoms. The Balaban J connectivity index is 2.19. The molecule has 3 aromatic rings. The summed E-state index contributed by atoms with van der Waals surface area (Å²) in [5, 5.41) is 0. The fraction of sp³-hybridized carbons (Fsp3) is 0.558. The first-order chi connectivity index (χ1) is 22.1. The molecule has 3 aromatic carbocycles. The van der Waals surface area contributed by atoms with Crippen molar-refractivity contribution in [3.63, 3.8) is 0 Å². The molecule has 0 radical (unpaired) electrons. The van der Waals surface area contributed by atoms with Crippen LogP contribution in [-0.2, 0) is 31.2 Å². The van der Waals surface area contributed by atoms with Gasteiger partial charge in [-0.1, -0.05) is 107 Å². The highest BCUT2D eigenvalue weighted by Gasteiger charge is 2.58. The summed E-state index contributed by atoms with van der Waals surface area (Å²) in [6, 6.07) is 16.9. The molecule has 1 aliphatic heterocycles. The first-order valence-electron chi connectivity index (χ1n) is 17.5. The summed E-state index contributed by atoms with van der Waals surface area (Å²) in [5.41, 5.74) is 8.46. The third-order valence-corrected chi connectivity index (χ3v) is 9.68. The summed E-state index contributed by atoms with van der Waals surface area (Å²) >= 11 is 0. The maximum Gasteiger partial charge on any atom is 0.325 e. The highest BCUT2D eigenvalue weighted by atomic mass is 16.5. The summed E-state index contributed by atoms with van der Waals surface area (Å²) in [6.45, 7) is 31.3. The predicted molar refractivity (Wildman–Crippen MR) is 199 cm³/mol. The van der Waals surface area contributed by atoms with Crippen molar-refractivity contribution >= 4 is 5.97 Å². The second-order valence-corrected chi connectivity index (χ2v) is 17.6. The Morgan fingerprint density at radius 1 is 0.688 bits per heavy atom. The van der Waals surface area contributed by atoms with Crippen molar-refractivity contribution in [3.8, 4) is 11.5 Å². The van der Waals surface area contributed by atoms with E-state index in [-0.39, 0.29) is 39.7 Å². The molecule has 0 N–H and O–H groups in total. The van der Waals surface area contributed by atoms with Gasteiger partial charge in [-0.2, -0.15) is 0 Å². The van der Waals surface area contributed by atoms with Gasteiger partial charge in [-0.05, 0) is 82.0 Å². The van der Waals surface area contributed by atoms with Crippen molar-refractivity contribution in [2.75, 3.05) is 20.8 Å². The Bertz CT molecular complexity index is 1490. The molecule has 1 fully saturated rings. The molecule has 0 saturated carbocycles. The zero-order chi connectivity index (χ0) is 36.1. The van der Waals surface area contributed by atoms with Gasteiger partial charge in [0.15, 0.2) is 0 Å². The van der Waals surface area contributed by atoms with E-state index in [9.17, 15) is 4.79 Å². The van der Waals surface area contributed by atoms with Crippen molar-refractivity contribution in [2.24, 2.45) is 0 Å². The maximum absolute atomic E-state index is 13.9. The molecular formula is C43H61NO4. The minimum absolute atomic E-state index is 0.133. The first kappa shape index (κ1) is 37.5. The molecule has 5 nitrogen and oxygen atoms in total. The van der Waals surface area contributed by atoms with Gasteiger partial charge in [0.1, 0.15) is 17.5 Å². The van der Waals surface area contributed by atoms with Crippen molar-refractivity contribution < 1.29 is 19.0 Å². The van der Waals surface area contributed by atoms with Gasteiger partial charge in [-0.3, -0.25) is 9.69 Å². The van der Waals surface area contributed by atoms with Crippen LogP contribution in [0.15, 0.2) is 48.5 Å². The fourth-order valence-corrected chi connectivity index (χ4v) is 7.12. The molecular weight excluding hydrogens is 594 g/mol. The van der Waals surface area contributed by atoms with Gasteiger partial charge in [0.2, 0.25) is 0 Å². The van der Waals surface area contributed by atoms with Crippen molar-refractivity contribution in [1.82, 2.24) is 4.90 Å². The highest BCUT2D eigenvalue weighted by Crippen LogP contribution is 2.55. The number of hydrogen-bond acceptors (Lipinski definition) is 5. The number of rotatable bonds is 8. The summed E-state index contributed by atoms with van der Waals surface area (Å²) < 4.78 is 18.2. The lowest BCUT2D eigenvalue weighted by Gasteiger charge is -2.34. The van der Waals surface area contributed by atoms with E-state index in [0.29, 0.717) is 6.61 Å². The van der Waals surface area contributed by atoms with Crippen LogP contribution in [0.3, 0.4) is 0 Å². The zero-order valence-corrected chi connectivity index (χ0v) is 32.6. The summed E-state index contributed by atoms with van der Waals surface area (Å²) in [6.07, 6.45) is 0. The zero-order valence-electron chi connectivity index (χ0n) is 32.6. The van der Waals surface area contributed by atoms with Crippen molar-refractivity contribution in [1.29, 1.82) is 0 Å². The normalized spacial score (nSPS) is 18.6. The van der Waals surface area contributed by atoms with E-state index in [1.807, 2.05) is 6.92 Å². The maximum atomic E-state index is 13.9. The van der Waals surface area contributed by atoms with Gasteiger partial charge >= 0.3 is 5.97 Å². The van der Waals surface area contributed by atoms with E-state index in [0.717, 1.165) is 50.4 Å². The minimum Gasteiger partial charge on any atom is -0.496 e. The second-order valence-electron chi connectivity index (χ2n) is 17.6. The summed E-state index contributed by atoms with van der Waals surface area (Å²) in [4.78, 5) is 16.3. The van der Waals surface area contributed by atoms with Crippen LogP contribution < -0.4 is 9.47 Å². The van der Waals surface area contributed by atoms with E-state index in [1.54, 1.807) is 14.2 Å². The monoisotopic (exact) mass is 655 g/mol. The summed E-state index contributed by atoms with van der Waals surface area (Å²) in [7, 11) is 3.56. The van der Waals surface area contributed by atoms with Gasteiger partial charge in [0, 0.05) is 22.3 Å². The molecule has 1 saturated heterocycles.